The number of fused-ring (bicyclic) bond motifs is 2. The molecule has 0 atom stereocenters. The lowest BCUT2D eigenvalue weighted by Crippen LogP contribution is -2.17. The molecule has 0 radical (unpaired) electrons. The predicted octanol–water partition coefficient (Wildman–Crippen LogP) is 8.00. The van der Waals surface area contributed by atoms with E-state index >= 15 is 0 Å². The van der Waals surface area contributed by atoms with E-state index in [1.807, 2.05) is 0 Å². The molecule has 0 amide bonds. The average Bonchev–Trinajstić information content (AvgIpc) is 2.77. The van der Waals surface area contributed by atoms with E-state index < -0.39 is 23.4 Å². The number of phenols is 2. The molecule has 0 fully saturated rings. The first-order chi connectivity index (χ1) is 14.6. The first-order valence-electron chi connectivity index (χ1n) is 8.36. The number of aromatic carboxylic acids is 1. The Morgan fingerprint density at radius 1 is 0.742 bits per heavy atom. The molecule has 3 aromatic carbocycles. The first kappa shape index (κ1) is 22.5. The molecule has 1 aliphatic rings. The second-order valence-corrected chi connectivity index (χ2v) is 8.76. The van der Waals surface area contributed by atoms with Crippen LogP contribution < -0.4 is 4.74 Å². The molecule has 31 heavy (non-hydrogen) atoms. The summed E-state index contributed by atoms with van der Waals surface area (Å²) in [5.74, 6) is -3.55. The monoisotopic (exact) mass is 538 g/mol. The fourth-order valence-electron chi connectivity index (χ4n) is 3.50. The third kappa shape index (κ3) is 3.27. The predicted molar refractivity (Wildman–Crippen MR) is 121 cm³/mol. The summed E-state index contributed by atoms with van der Waals surface area (Å²) < 4.78 is 5.81. The van der Waals surface area contributed by atoms with Gasteiger partial charge in [0.15, 0.2) is 23.0 Å². The van der Waals surface area contributed by atoms with Crippen LogP contribution in [0.5, 0.6) is 23.0 Å². The highest BCUT2D eigenvalue weighted by molar-refractivity contribution is 6.47. The van der Waals surface area contributed by atoms with Crippen LogP contribution in [0, 0.1) is 0 Å². The number of ether oxygens (including phenoxy) is 1. The number of phenolic OH excluding ortho intramolecular Hbond substituents is 2. The first-order valence-corrected chi connectivity index (χ1v) is 10.6. The second-order valence-electron chi connectivity index (χ2n) is 6.49. The molecule has 3 N–H and O–H groups in total. The van der Waals surface area contributed by atoms with Gasteiger partial charge in [-0.15, -0.1) is 0 Å². The molecule has 0 aromatic heterocycles. The van der Waals surface area contributed by atoms with Crippen LogP contribution in [-0.2, 0) is 0 Å². The van der Waals surface area contributed by atoms with Gasteiger partial charge in [0, 0.05) is 17.0 Å². The van der Waals surface area contributed by atoms with E-state index in [4.69, 9.17) is 74.3 Å². The lowest BCUT2D eigenvalue weighted by atomic mass is 9.80. The summed E-state index contributed by atoms with van der Waals surface area (Å²) in [6.07, 6.45) is 0. The van der Waals surface area contributed by atoms with Gasteiger partial charge in [0.05, 0.1) is 15.6 Å². The van der Waals surface area contributed by atoms with Gasteiger partial charge in [0.25, 0.3) is 0 Å². The molecule has 11 heteroatoms. The maximum Gasteiger partial charge on any atom is 0.335 e. The molecule has 0 saturated heterocycles. The standard InChI is InChI=1S/C20H8Cl6O5/c21-10-8-7(5-3-1-2-4-6(5)20(29)30)9-11(22)13(24)17(28)15(26)19(9)31-18(8)14(25)16(27)12(10)23/h1-4,7,27-28H,(H,29,30). The minimum Gasteiger partial charge on any atom is -0.505 e. The van der Waals surface area contributed by atoms with E-state index in [0.29, 0.717) is 0 Å². The Labute approximate surface area is 205 Å². The van der Waals surface area contributed by atoms with Crippen molar-refractivity contribution in [1.82, 2.24) is 0 Å². The van der Waals surface area contributed by atoms with Crippen molar-refractivity contribution in [1.29, 1.82) is 0 Å². The molecule has 0 unspecified atom stereocenters. The van der Waals surface area contributed by atoms with Gasteiger partial charge in [0.2, 0.25) is 0 Å². The smallest absolute Gasteiger partial charge is 0.335 e. The van der Waals surface area contributed by atoms with Gasteiger partial charge in [-0.3, -0.25) is 0 Å². The van der Waals surface area contributed by atoms with E-state index in [2.05, 4.69) is 0 Å². The molecule has 1 heterocycles. The minimum absolute atomic E-state index is 0.0703. The zero-order valence-electron chi connectivity index (χ0n) is 14.8. The quantitative estimate of drug-likeness (QED) is 0.224. The number of carboxylic acids is 1. The number of hydrogen-bond donors (Lipinski definition) is 3. The van der Waals surface area contributed by atoms with Crippen LogP contribution in [0.15, 0.2) is 24.3 Å². The highest BCUT2D eigenvalue weighted by Crippen LogP contribution is 2.62. The molecule has 160 valence electrons. The summed E-state index contributed by atoms with van der Waals surface area (Å²) in [7, 11) is 0. The number of hydrogen-bond acceptors (Lipinski definition) is 4. The lowest BCUT2D eigenvalue weighted by Gasteiger charge is -2.33. The Bertz CT molecular complexity index is 1220. The molecule has 1 aliphatic heterocycles. The molecule has 0 saturated carbocycles. The SMILES string of the molecule is O=C(O)c1ccccc1C1c2c(Cl)c(Cl)c(O)c(Cl)c2Oc2c(Cl)c(O)c(Cl)c(Cl)c21. The Hall–Kier alpha value is -1.73. The molecule has 3 aromatic rings. The zero-order chi connectivity index (χ0) is 22.8. The summed E-state index contributed by atoms with van der Waals surface area (Å²) in [5, 5.41) is 28.9. The molecule has 5 nitrogen and oxygen atoms in total. The van der Waals surface area contributed by atoms with Crippen LogP contribution in [0.3, 0.4) is 0 Å². The average molecular weight is 541 g/mol. The van der Waals surface area contributed by atoms with E-state index in [1.165, 1.54) is 6.07 Å². The highest BCUT2D eigenvalue weighted by atomic mass is 35.5. The lowest BCUT2D eigenvalue weighted by molar-refractivity contribution is 0.0695. The minimum atomic E-state index is -1.22. The molecular formula is C20H8Cl6O5. The number of aromatic hydroxyl groups is 2. The third-order valence-electron chi connectivity index (χ3n) is 4.86. The van der Waals surface area contributed by atoms with Crippen LogP contribution in [0.25, 0.3) is 0 Å². The Morgan fingerprint density at radius 2 is 1.19 bits per heavy atom. The fourth-order valence-corrected chi connectivity index (χ4v) is 5.03. The van der Waals surface area contributed by atoms with Crippen LogP contribution in [0.1, 0.15) is 33.0 Å². The Balaban J connectivity index is 2.22. The molecule has 0 bridgehead atoms. The molecule has 0 aliphatic carbocycles. The number of halogens is 6. The summed E-state index contributed by atoms with van der Waals surface area (Å²) in [6, 6.07) is 6.10. The van der Waals surface area contributed by atoms with E-state index in [0.717, 1.165) is 0 Å². The van der Waals surface area contributed by atoms with E-state index in [1.54, 1.807) is 18.2 Å². The number of benzene rings is 3. The van der Waals surface area contributed by atoms with Gasteiger partial charge < -0.3 is 20.1 Å². The Kier molecular flexibility index (Phi) is 5.80. The second kappa shape index (κ2) is 8.00. The van der Waals surface area contributed by atoms with Crippen molar-refractivity contribution in [3.05, 3.63) is 76.7 Å². The van der Waals surface area contributed by atoms with Crippen LogP contribution in [-0.4, -0.2) is 21.3 Å². The van der Waals surface area contributed by atoms with Crippen molar-refractivity contribution in [3.63, 3.8) is 0 Å². The van der Waals surface area contributed by atoms with Gasteiger partial charge in [0.1, 0.15) is 20.1 Å². The van der Waals surface area contributed by atoms with Gasteiger partial charge in [-0.25, -0.2) is 4.79 Å². The van der Waals surface area contributed by atoms with Crippen molar-refractivity contribution >= 4 is 75.6 Å². The van der Waals surface area contributed by atoms with Crippen LogP contribution in [0.2, 0.25) is 30.1 Å². The van der Waals surface area contributed by atoms with Gasteiger partial charge in [-0.05, 0) is 11.6 Å². The van der Waals surface area contributed by atoms with Crippen LogP contribution >= 0.6 is 69.6 Å². The van der Waals surface area contributed by atoms with Crippen molar-refractivity contribution in [2.75, 3.05) is 0 Å². The Morgan fingerprint density at radius 3 is 1.65 bits per heavy atom. The molecule has 4 rings (SSSR count). The van der Waals surface area contributed by atoms with Gasteiger partial charge in [-0.2, -0.15) is 0 Å². The summed E-state index contributed by atoms with van der Waals surface area (Å²) >= 11 is 37.8. The van der Waals surface area contributed by atoms with Gasteiger partial charge >= 0.3 is 5.97 Å². The third-order valence-corrected chi connectivity index (χ3v) is 7.28. The maximum absolute atomic E-state index is 12.0. The van der Waals surface area contributed by atoms with Gasteiger partial charge in [-0.1, -0.05) is 87.8 Å². The highest BCUT2D eigenvalue weighted by Gasteiger charge is 2.41. The summed E-state index contributed by atoms with van der Waals surface area (Å²) in [5.41, 5.74) is 0.477. The maximum atomic E-state index is 12.0. The zero-order valence-corrected chi connectivity index (χ0v) is 19.3. The van der Waals surface area contributed by atoms with Crippen molar-refractivity contribution < 1.29 is 24.9 Å². The number of carboxylic acid groups (broad SMARTS) is 1. The van der Waals surface area contributed by atoms with E-state index in [-0.39, 0.29) is 63.9 Å². The van der Waals surface area contributed by atoms with Crippen molar-refractivity contribution in [3.8, 4) is 23.0 Å². The normalized spacial score (nSPS) is 12.8. The van der Waals surface area contributed by atoms with E-state index in [9.17, 15) is 20.1 Å². The molecular weight excluding hydrogens is 533 g/mol. The number of carbonyl (C=O) groups is 1. The van der Waals surface area contributed by atoms with Crippen molar-refractivity contribution in [2.45, 2.75) is 5.92 Å². The van der Waals surface area contributed by atoms with Crippen molar-refractivity contribution in [2.24, 2.45) is 0 Å². The summed E-state index contributed by atoms with van der Waals surface area (Å²) in [4.78, 5) is 12.0. The largest absolute Gasteiger partial charge is 0.505 e. The van der Waals surface area contributed by atoms with Crippen LogP contribution in [0.4, 0.5) is 0 Å². The molecule has 0 spiro atoms. The fraction of sp³-hybridized carbons (Fsp3) is 0.0500. The topological polar surface area (TPSA) is 87.0 Å². The summed E-state index contributed by atoms with van der Waals surface area (Å²) in [6.45, 7) is 0. The number of rotatable bonds is 2.